The van der Waals surface area contributed by atoms with Crippen LogP contribution in [-0.2, 0) is 4.79 Å². The van der Waals surface area contributed by atoms with Gasteiger partial charge in [0.05, 0.1) is 5.92 Å². The zero-order valence-corrected chi connectivity index (χ0v) is 14.6. The molecule has 6 heteroatoms. The zero-order chi connectivity index (χ0) is 16.1. The summed E-state index contributed by atoms with van der Waals surface area (Å²) in [6.07, 6.45) is 1.68. The Labute approximate surface area is 144 Å². The molecule has 0 saturated carbocycles. The predicted molar refractivity (Wildman–Crippen MR) is 93.9 cm³/mol. The van der Waals surface area contributed by atoms with E-state index in [0.29, 0.717) is 31.7 Å². The van der Waals surface area contributed by atoms with E-state index >= 15 is 0 Å². The van der Waals surface area contributed by atoms with Crippen LogP contribution in [0.5, 0.6) is 0 Å². The molecule has 1 heterocycles. The van der Waals surface area contributed by atoms with Gasteiger partial charge in [-0.2, -0.15) is 0 Å². The lowest BCUT2D eigenvalue weighted by Gasteiger charge is -2.32. The standard InChI is InChI=1S/C17H25N3O2.ClH/c1-12-8-13(2)10-15(9-12)17(22)20-7-3-4-14(11-20)16(21)19-6-5-18;/h8-10,14H,3-7,11,18H2,1-2H3,(H,19,21);1H. The largest absolute Gasteiger partial charge is 0.355 e. The fraction of sp³-hybridized carbons (Fsp3) is 0.529. The molecule has 128 valence electrons. The van der Waals surface area contributed by atoms with Gasteiger partial charge in [0.1, 0.15) is 0 Å². The first-order chi connectivity index (χ1) is 10.5. The van der Waals surface area contributed by atoms with Crippen molar-refractivity contribution in [3.63, 3.8) is 0 Å². The number of hydrogen-bond acceptors (Lipinski definition) is 3. The quantitative estimate of drug-likeness (QED) is 0.875. The van der Waals surface area contributed by atoms with Crippen LogP contribution in [0.1, 0.15) is 34.3 Å². The van der Waals surface area contributed by atoms with E-state index in [9.17, 15) is 9.59 Å². The van der Waals surface area contributed by atoms with Crippen LogP contribution in [0, 0.1) is 19.8 Å². The summed E-state index contributed by atoms with van der Waals surface area (Å²) in [6.45, 7) is 6.10. The minimum absolute atomic E-state index is 0. The lowest BCUT2D eigenvalue weighted by atomic mass is 9.96. The molecule has 0 radical (unpaired) electrons. The highest BCUT2D eigenvalue weighted by Gasteiger charge is 2.28. The molecule has 1 aliphatic rings. The number of carbonyl (C=O) groups is 2. The fourth-order valence-corrected chi connectivity index (χ4v) is 3.00. The van der Waals surface area contributed by atoms with E-state index in [-0.39, 0.29) is 30.1 Å². The summed E-state index contributed by atoms with van der Waals surface area (Å²) in [5.41, 5.74) is 8.28. The van der Waals surface area contributed by atoms with Crippen molar-refractivity contribution in [2.24, 2.45) is 11.7 Å². The molecule has 5 nitrogen and oxygen atoms in total. The number of likely N-dealkylation sites (tertiary alicyclic amines) is 1. The summed E-state index contributed by atoms with van der Waals surface area (Å²) >= 11 is 0. The number of carbonyl (C=O) groups excluding carboxylic acids is 2. The number of nitrogens with one attached hydrogen (secondary N) is 1. The van der Waals surface area contributed by atoms with Gasteiger partial charge in [0.15, 0.2) is 0 Å². The van der Waals surface area contributed by atoms with E-state index in [1.54, 1.807) is 4.90 Å². The van der Waals surface area contributed by atoms with Crippen molar-refractivity contribution in [3.05, 3.63) is 34.9 Å². The average molecular weight is 340 g/mol. The summed E-state index contributed by atoms with van der Waals surface area (Å²) in [6, 6.07) is 5.87. The second-order valence-electron chi connectivity index (χ2n) is 6.05. The molecule has 0 aromatic heterocycles. The number of nitrogens with two attached hydrogens (primary N) is 1. The van der Waals surface area contributed by atoms with Crippen molar-refractivity contribution in [2.75, 3.05) is 26.2 Å². The van der Waals surface area contributed by atoms with Crippen LogP contribution in [0.4, 0.5) is 0 Å². The Kier molecular flexibility index (Phi) is 7.52. The van der Waals surface area contributed by atoms with Crippen molar-refractivity contribution in [3.8, 4) is 0 Å². The number of piperidine rings is 1. The first-order valence-electron chi connectivity index (χ1n) is 7.86. The normalized spacial score (nSPS) is 17.3. The number of hydrogen-bond donors (Lipinski definition) is 2. The van der Waals surface area contributed by atoms with Crippen molar-refractivity contribution >= 4 is 24.2 Å². The molecular formula is C17H26ClN3O2. The highest BCUT2D eigenvalue weighted by atomic mass is 35.5. The van der Waals surface area contributed by atoms with Gasteiger partial charge >= 0.3 is 0 Å². The van der Waals surface area contributed by atoms with Crippen LogP contribution >= 0.6 is 12.4 Å². The summed E-state index contributed by atoms with van der Waals surface area (Å²) in [5.74, 6) is -0.110. The SMILES string of the molecule is Cc1cc(C)cc(C(=O)N2CCCC(C(=O)NCCN)C2)c1.Cl. The van der Waals surface area contributed by atoms with Gasteiger partial charge in [-0.15, -0.1) is 12.4 Å². The molecule has 1 aliphatic heterocycles. The molecule has 2 rings (SSSR count). The van der Waals surface area contributed by atoms with Gasteiger partial charge in [0.25, 0.3) is 5.91 Å². The average Bonchev–Trinajstić information content (AvgIpc) is 2.51. The molecule has 0 spiro atoms. The topological polar surface area (TPSA) is 75.4 Å². The van der Waals surface area contributed by atoms with Gasteiger partial charge in [-0.3, -0.25) is 9.59 Å². The van der Waals surface area contributed by atoms with Crippen LogP contribution in [0.3, 0.4) is 0 Å². The Balaban J connectivity index is 0.00000264. The van der Waals surface area contributed by atoms with E-state index < -0.39 is 0 Å². The van der Waals surface area contributed by atoms with Crippen LogP contribution in [-0.4, -0.2) is 42.9 Å². The molecule has 2 amide bonds. The zero-order valence-electron chi connectivity index (χ0n) is 13.8. The Morgan fingerprint density at radius 2 is 1.91 bits per heavy atom. The highest BCUT2D eigenvalue weighted by molar-refractivity contribution is 5.95. The predicted octanol–water partition coefficient (Wildman–Crippen LogP) is 1.65. The van der Waals surface area contributed by atoms with Crippen LogP contribution in [0.25, 0.3) is 0 Å². The number of rotatable bonds is 4. The van der Waals surface area contributed by atoms with Crippen molar-refractivity contribution in [1.82, 2.24) is 10.2 Å². The highest BCUT2D eigenvalue weighted by Crippen LogP contribution is 2.20. The van der Waals surface area contributed by atoms with Crippen molar-refractivity contribution < 1.29 is 9.59 Å². The lowest BCUT2D eigenvalue weighted by molar-refractivity contribution is -0.126. The summed E-state index contributed by atoms with van der Waals surface area (Å²) in [7, 11) is 0. The minimum Gasteiger partial charge on any atom is -0.355 e. The van der Waals surface area contributed by atoms with E-state index in [0.717, 1.165) is 24.0 Å². The first kappa shape index (κ1) is 19.5. The smallest absolute Gasteiger partial charge is 0.253 e. The Bertz CT molecular complexity index is 543. The third-order valence-corrected chi connectivity index (χ3v) is 3.99. The Morgan fingerprint density at radius 3 is 2.52 bits per heavy atom. The number of nitrogens with zero attached hydrogens (tertiary/aromatic N) is 1. The van der Waals surface area contributed by atoms with Gasteiger partial charge in [-0.25, -0.2) is 0 Å². The molecule has 1 unspecified atom stereocenters. The second kappa shape index (κ2) is 8.89. The maximum Gasteiger partial charge on any atom is 0.253 e. The lowest BCUT2D eigenvalue weighted by Crippen LogP contribution is -2.46. The van der Waals surface area contributed by atoms with Gasteiger partial charge in [-0.05, 0) is 38.8 Å². The Morgan fingerprint density at radius 1 is 1.26 bits per heavy atom. The van der Waals surface area contributed by atoms with Crippen LogP contribution < -0.4 is 11.1 Å². The van der Waals surface area contributed by atoms with Gasteiger partial charge < -0.3 is 16.0 Å². The summed E-state index contributed by atoms with van der Waals surface area (Å²) in [5, 5.41) is 2.82. The monoisotopic (exact) mass is 339 g/mol. The molecule has 1 saturated heterocycles. The maximum absolute atomic E-state index is 12.7. The van der Waals surface area contributed by atoms with Gasteiger partial charge in [-0.1, -0.05) is 17.2 Å². The summed E-state index contributed by atoms with van der Waals surface area (Å²) in [4.78, 5) is 26.5. The summed E-state index contributed by atoms with van der Waals surface area (Å²) < 4.78 is 0. The number of halogens is 1. The molecule has 1 aromatic carbocycles. The van der Waals surface area contributed by atoms with Crippen LogP contribution in [0.2, 0.25) is 0 Å². The van der Waals surface area contributed by atoms with E-state index in [4.69, 9.17) is 5.73 Å². The molecule has 3 N–H and O–H groups in total. The van der Waals surface area contributed by atoms with E-state index in [1.807, 2.05) is 26.0 Å². The molecule has 0 bridgehead atoms. The number of aryl methyl sites for hydroxylation is 2. The third kappa shape index (κ3) is 5.22. The molecule has 23 heavy (non-hydrogen) atoms. The molecule has 1 fully saturated rings. The van der Waals surface area contributed by atoms with E-state index in [2.05, 4.69) is 11.4 Å². The van der Waals surface area contributed by atoms with Crippen molar-refractivity contribution in [1.29, 1.82) is 0 Å². The van der Waals surface area contributed by atoms with Crippen LogP contribution in [0.15, 0.2) is 18.2 Å². The number of amides is 2. The van der Waals surface area contributed by atoms with Gasteiger partial charge in [0.2, 0.25) is 5.91 Å². The first-order valence-corrected chi connectivity index (χ1v) is 7.86. The molecule has 1 atom stereocenters. The molecular weight excluding hydrogens is 314 g/mol. The molecule has 1 aromatic rings. The third-order valence-electron chi connectivity index (χ3n) is 3.99. The number of benzene rings is 1. The van der Waals surface area contributed by atoms with Crippen molar-refractivity contribution in [2.45, 2.75) is 26.7 Å². The minimum atomic E-state index is -0.129. The maximum atomic E-state index is 12.7. The molecule has 0 aliphatic carbocycles. The Hall–Kier alpha value is -1.59. The fourth-order valence-electron chi connectivity index (χ4n) is 3.00. The second-order valence-corrected chi connectivity index (χ2v) is 6.05. The van der Waals surface area contributed by atoms with E-state index in [1.165, 1.54) is 0 Å². The van der Waals surface area contributed by atoms with Gasteiger partial charge in [0, 0.05) is 31.7 Å².